The summed E-state index contributed by atoms with van der Waals surface area (Å²) in [5.74, 6) is 0. The Morgan fingerprint density at radius 1 is 1.28 bits per heavy atom. The Bertz CT molecular complexity index is 524. The van der Waals surface area contributed by atoms with Crippen molar-refractivity contribution in [1.29, 1.82) is 0 Å². The minimum absolute atomic E-state index is 0.0235. The molecule has 0 bridgehead atoms. The Kier molecular flexibility index (Phi) is 3.62. The lowest BCUT2D eigenvalue weighted by molar-refractivity contribution is -0.0269. The molecule has 1 aliphatic heterocycles. The van der Waals surface area contributed by atoms with E-state index in [4.69, 9.17) is 9.84 Å². The van der Waals surface area contributed by atoms with Crippen molar-refractivity contribution in [3.63, 3.8) is 0 Å². The fraction of sp³-hybridized carbons (Fsp3) is 0.600. The molecule has 18 heavy (non-hydrogen) atoms. The van der Waals surface area contributed by atoms with Gasteiger partial charge in [-0.05, 0) is 0 Å². The van der Waals surface area contributed by atoms with Crippen LogP contribution in [0.1, 0.15) is 0 Å². The molecule has 0 aliphatic carbocycles. The third-order valence-corrected chi connectivity index (χ3v) is 2.91. The van der Waals surface area contributed by atoms with Crippen LogP contribution in [0.2, 0.25) is 0 Å². The van der Waals surface area contributed by atoms with Gasteiger partial charge in [0, 0.05) is 12.3 Å². The molecular weight excluding hydrogens is 244 g/mol. The highest BCUT2D eigenvalue weighted by Crippen LogP contribution is 2.21. The Morgan fingerprint density at radius 2 is 1.94 bits per heavy atom. The highest BCUT2D eigenvalue weighted by atomic mass is 16.6. The molecule has 1 aromatic heterocycles. The zero-order valence-electron chi connectivity index (χ0n) is 9.39. The van der Waals surface area contributed by atoms with E-state index >= 15 is 0 Å². The van der Waals surface area contributed by atoms with Gasteiger partial charge < -0.3 is 20.1 Å². The lowest BCUT2D eigenvalue weighted by atomic mass is 10.1. The van der Waals surface area contributed by atoms with Crippen LogP contribution in [0.25, 0.3) is 0 Å². The van der Waals surface area contributed by atoms with Gasteiger partial charge in [-0.2, -0.15) is 0 Å². The van der Waals surface area contributed by atoms with Crippen LogP contribution < -0.4 is 11.2 Å². The molecule has 0 saturated carbocycles. The molecule has 0 unspecified atom stereocenters. The van der Waals surface area contributed by atoms with E-state index in [1.807, 2.05) is 0 Å². The number of aliphatic hydroxyl groups excluding tert-OH is 3. The van der Waals surface area contributed by atoms with E-state index in [1.165, 1.54) is 12.3 Å². The smallest absolute Gasteiger partial charge is 0.328 e. The summed E-state index contributed by atoms with van der Waals surface area (Å²) in [6, 6.07) is 1.17. The first-order valence-corrected chi connectivity index (χ1v) is 5.45. The van der Waals surface area contributed by atoms with Gasteiger partial charge >= 0.3 is 5.69 Å². The van der Waals surface area contributed by atoms with Crippen molar-refractivity contribution in [2.45, 2.75) is 31.0 Å². The van der Waals surface area contributed by atoms with E-state index in [0.29, 0.717) is 0 Å². The number of aromatic amines is 1. The van der Waals surface area contributed by atoms with Crippen molar-refractivity contribution in [2.24, 2.45) is 0 Å². The standard InChI is InChI=1S/C10H14N2O6/c13-4-6-9(16)8(15)5(18-6)3-12-2-1-7(14)11-10(12)17/h1-2,5-6,8-9,13,15-16H,3-4H2,(H,11,14,17)/t5-,6+,8+,9+/m0/s1. The fourth-order valence-electron chi connectivity index (χ4n) is 1.91. The number of nitrogens with zero attached hydrogens (tertiary/aromatic N) is 1. The second-order valence-electron chi connectivity index (χ2n) is 4.14. The molecule has 1 aromatic rings. The predicted molar refractivity (Wildman–Crippen MR) is 59.1 cm³/mol. The summed E-state index contributed by atoms with van der Waals surface area (Å²) in [6.45, 7) is -0.445. The second-order valence-corrected chi connectivity index (χ2v) is 4.14. The minimum Gasteiger partial charge on any atom is -0.394 e. The molecule has 4 atom stereocenters. The van der Waals surface area contributed by atoms with Crippen molar-refractivity contribution >= 4 is 0 Å². The van der Waals surface area contributed by atoms with Crippen LogP contribution in [0.4, 0.5) is 0 Å². The SMILES string of the molecule is O=c1ccn(C[C@@H]2O[C@H](CO)[C@@H](O)[C@@H]2O)c(=O)[nH]1. The van der Waals surface area contributed by atoms with Crippen LogP contribution in [0.15, 0.2) is 21.9 Å². The maximum absolute atomic E-state index is 11.4. The maximum Gasteiger partial charge on any atom is 0.328 e. The molecule has 0 aromatic carbocycles. The number of ether oxygens (including phenoxy) is 1. The molecule has 8 heteroatoms. The van der Waals surface area contributed by atoms with Gasteiger partial charge in [-0.15, -0.1) is 0 Å². The van der Waals surface area contributed by atoms with E-state index in [2.05, 4.69) is 4.98 Å². The summed E-state index contributed by atoms with van der Waals surface area (Å²) >= 11 is 0. The van der Waals surface area contributed by atoms with Gasteiger partial charge in [0.25, 0.3) is 5.56 Å². The lowest BCUT2D eigenvalue weighted by Gasteiger charge is -2.15. The van der Waals surface area contributed by atoms with Gasteiger partial charge in [0.05, 0.1) is 13.2 Å². The highest BCUT2D eigenvalue weighted by Gasteiger charge is 2.42. The van der Waals surface area contributed by atoms with E-state index in [0.717, 1.165) is 4.57 Å². The van der Waals surface area contributed by atoms with Crippen molar-refractivity contribution in [3.05, 3.63) is 33.1 Å². The molecule has 0 spiro atoms. The first-order valence-electron chi connectivity index (χ1n) is 5.45. The third-order valence-electron chi connectivity index (χ3n) is 2.91. The van der Waals surface area contributed by atoms with Crippen LogP contribution in [0.5, 0.6) is 0 Å². The summed E-state index contributed by atoms with van der Waals surface area (Å²) < 4.78 is 6.38. The molecule has 8 nitrogen and oxygen atoms in total. The van der Waals surface area contributed by atoms with E-state index < -0.39 is 42.3 Å². The lowest BCUT2D eigenvalue weighted by Crippen LogP contribution is -2.38. The number of hydrogen-bond acceptors (Lipinski definition) is 6. The molecule has 0 radical (unpaired) electrons. The van der Waals surface area contributed by atoms with Gasteiger partial charge in [-0.25, -0.2) is 4.79 Å². The first kappa shape index (κ1) is 13.0. The average Bonchev–Trinajstić information content (AvgIpc) is 2.60. The zero-order valence-corrected chi connectivity index (χ0v) is 9.39. The molecule has 0 amide bonds. The molecule has 2 rings (SSSR count). The average molecular weight is 258 g/mol. The number of nitrogens with one attached hydrogen (secondary N) is 1. The normalized spacial score (nSPS) is 31.7. The van der Waals surface area contributed by atoms with Gasteiger partial charge in [-0.1, -0.05) is 0 Å². The molecule has 1 fully saturated rings. The zero-order chi connectivity index (χ0) is 13.3. The number of rotatable bonds is 3. The van der Waals surface area contributed by atoms with Gasteiger partial charge in [0.1, 0.15) is 24.4 Å². The fourth-order valence-corrected chi connectivity index (χ4v) is 1.91. The van der Waals surface area contributed by atoms with E-state index in [-0.39, 0.29) is 6.54 Å². The Labute approximate surface area is 101 Å². The number of hydrogen-bond donors (Lipinski definition) is 4. The first-order chi connectivity index (χ1) is 8.52. The summed E-state index contributed by atoms with van der Waals surface area (Å²) in [5, 5.41) is 28.1. The van der Waals surface area contributed by atoms with Crippen molar-refractivity contribution < 1.29 is 20.1 Å². The molecule has 1 aliphatic rings. The molecule has 4 N–H and O–H groups in total. The predicted octanol–water partition coefficient (Wildman–Crippen LogP) is -2.98. The van der Waals surface area contributed by atoms with E-state index in [1.54, 1.807) is 0 Å². The van der Waals surface area contributed by atoms with Crippen LogP contribution in [-0.4, -0.2) is 55.9 Å². The third kappa shape index (κ3) is 2.36. The van der Waals surface area contributed by atoms with Crippen molar-refractivity contribution in [2.75, 3.05) is 6.61 Å². The van der Waals surface area contributed by atoms with Crippen LogP contribution in [-0.2, 0) is 11.3 Å². The Morgan fingerprint density at radius 3 is 2.50 bits per heavy atom. The monoisotopic (exact) mass is 258 g/mol. The van der Waals surface area contributed by atoms with Crippen molar-refractivity contribution in [1.82, 2.24) is 9.55 Å². The maximum atomic E-state index is 11.4. The molecular formula is C10H14N2O6. The Balaban J connectivity index is 2.15. The van der Waals surface area contributed by atoms with Gasteiger partial charge in [-0.3, -0.25) is 14.3 Å². The highest BCUT2D eigenvalue weighted by molar-refractivity contribution is 4.92. The van der Waals surface area contributed by atoms with Crippen LogP contribution in [0.3, 0.4) is 0 Å². The van der Waals surface area contributed by atoms with Gasteiger partial charge in [0.2, 0.25) is 0 Å². The largest absolute Gasteiger partial charge is 0.394 e. The van der Waals surface area contributed by atoms with E-state index in [9.17, 15) is 19.8 Å². The molecule has 2 heterocycles. The van der Waals surface area contributed by atoms with Crippen molar-refractivity contribution in [3.8, 4) is 0 Å². The Hall–Kier alpha value is -1.48. The van der Waals surface area contributed by atoms with Gasteiger partial charge in [0.15, 0.2) is 0 Å². The molecule has 100 valence electrons. The summed E-state index contributed by atoms with van der Waals surface area (Å²) in [6.07, 6.45) is -2.81. The topological polar surface area (TPSA) is 125 Å². The number of aromatic nitrogens is 2. The second kappa shape index (κ2) is 5.02. The van der Waals surface area contributed by atoms with Crippen LogP contribution >= 0.6 is 0 Å². The minimum atomic E-state index is -1.20. The quantitative estimate of drug-likeness (QED) is 0.458. The summed E-state index contributed by atoms with van der Waals surface area (Å²) in [5.41, 5.74) is -1.14. The summed E-state index contributed by atoms with van der Waals surface area (Å²) in [4.78, 5) is 24.4. The summed E-state index contributed by atoms with van der Waals surface area (Å²) in [7, 11) is 0. The molecule has 1 saturated heterocycles. The number of aliphatic hydroxyl groups is 3. The van der Waals surface area contributed by atoms with Crippen LogP contribution in [0, 0.1) is 0 Å². The number of H-pyrrole nitrogens is 1.